The van der Waals surface area contributed by atoms with Crippen molar-refractivity contribution in [3.05, 3.63) is 24.8 Å². The van der Waals surface area contributed by atoms with Gasteiger partial charge in [0, 0.05) is 6.08 Å². The van der Waals surface area contributed by atoms with E-state index in [-0.39, 0.29) is 5.92 Å². The fourth-order valence-electron chi connectivity index (χ4n) is 2.47. The van der Waals surface area contributed by atoms with E-state index in [0.29, 0.717) is 0 Å². The summed E-state index contributed by atoms with van der Waals surface area (Å²) in [5.74, 6) is -1.82. The Bertz CT molecular complexity index is 374. The van der Waals surface area contributed by atoms with Crippen LogP contribution in [0.5, 0.6) is 0 Å². The first-order valence-corrected chi connectivity index (χ1v) is 10.2. The number of hydrogen-bond donors (Lipinski definition) is 2. The number of rotatable bonds is 16. The van der Waals surface area contributed by atoms with Crippen molar-refractivity contribution in [3.63, 3.8) is 0 Å². The summed E-state index contributed by atoms with van der Waals surface area (Å²) in [6.45, 7) is 7.02. The van der Waals surface area contributed by atoms with Crippen molar-refractivity contribution in [2.75, 3.05) is 0 Å². The third-order valence-electron chi connectivity index (χ3n) is 4.25. The molecule has 0 aliphatic carbocycles. The minimum atomic E-state index is -0.981. The van der Waals surface area contributed by atoms with Crippen LogP contribution in [0, 0.1) is 5.92 Å². The number of carboxylic acids is 2. The van der Waals surface area contributed by atoms with Gasteiger partial charge in [0.05, 0.1) is 5.92 Å². The first kappa shape index (κ1) is 26.6. The number of allylic oxidation sites excluding steroid dienone is 2. The Morgan fingerprint density at radius 2 is 1.27 bits per heavy atom. The summed E-state index contributed by atoms with van der Waals surface area (Å²) in [6.07, 6.45) is 21.7. The third kappa shape index (κ3) is 24.7. The van der Waals surface area contributed by atoms with E-state index < -0.39 is 11.9 Å². The SMILES string of the molecule is C=CC(=O)O.CCCCCCCC/C=C\CCCCCCC(C)C(=O)O. The molecule has 0 aliphatic rings. The molecule has 0 heterocycles. The number of carboxylic acid groups (broad SMARTS) is 2. The molecule has 0 aromatic carbocycles. The van der Waals surface area contributed by atoms with Crippen LogP contribution in [0.4, 0.5) is 0 Å². The fourth-order valence-corrected chi connectivity index (χ4v) is 2.47. The van der Waals surface area contributed by atoms with Crippen molar-refractivity contribution >= 4 is 11.9 Å². The molecule has 1 unspecified atom stereocenters. The van der Waals surface area contributed by atoms with E-state index in [2.05, 4.69) is 25.7 Å². The molecule has 0 radical (unpaired) electrons. The maximum atomic E-state index is 10.7. The fraction of sp³-hybridized carbons (Fsp3) is 0.727. The predicted molar refractivity (Wildman–Crippen MR) is 109 cm³/mol. The summed E-state index contributed by atoms with van der Waals surface area (Å²) < 4.78 is 0. The second-order valence-electron chi connectivity index (χ2n) is 6.80. The Balaban J connectivity index is 0. The molecule has 0 saturated heterocycles. The minimum absolute atomic E-state index is 0.178. The van der Waals surface area contributed by atoms with Gasteiger partial charge in [0.25, 0.3) is 0 Å². The molecule has 0 fully saturated rings. The minimum Gasteiger partial charge on any atom is -0.481 e. The largest absolute Gasteiger partial charge is 0.481 e. The molecule has 152 valence electrons. The van der Waals surface area contributed by atoms with Gasteiger partial charge < -0.3 is 10.2 Å². The Labute approximate surface area is 160 Å². The molecule has 0 saturated carbocycles. The van der Waals surface area contributed by atoms with Gasteiger partial charge in [-0.05, 0) is 32.1 Å². The molecule has 26 heavy (non-hydrogen) atoms. The molecule has 4 nitrogen and oxygen atoms in total. The van der Waals surface area contributed by atoms with Crippen molar-refractivity contribution in [3.8, 4) is 0 Å². The standard InChI is InChI=1S/C19H36O2.C3H4O2/c1-3-4-5-6-7-8-9-10-11-12-13-14-15-16-17-18(2)19(20)21;1-2-3(4)5/h10-11,18H,3-9,12-17H2,1-2H3,(H,20,21);2H,1H2,(H,4,5)/b11-10-;. The zero-order valence-corrected chi connectivity index (χ0v) is 16.9. The highest BCUT2D eigenvalue weighted by Crippen LogP contribution is 2.12. The van der Waals surface area contributed by atoms with E-state index in [1.807, 2.05) is 0 Å². The molecule has 0 rings (SSSR count). The van der Waals surface area contributed by atoms with Gasteiger partial charge in [-0.1, -0.05) is 83.9 Å². The third-order valence-corrected chi connectivity index (χ3v) is 4.25. The van der Waals surface area contributed by atoms with E-state index >= 15 is 0 Å². The first-order valence-electron chi connectivity index (χ1n) is 10.2. The average molecular weight is 369 g/mol. The Morgan fingerprint density at radius 1 is 0.846 bits per heavy atom. The van der Waals surface area contributed by atoms with Crippen LogP contribution >= 0.6 is 0 Å². The van der Waals surface area contributed by atoms with Crippen LogP contribution in [-0.2, 0) is 9.59 Å². The quantitative estimate of drug-likeness (QED) is 0.182. The van der Waals surface area contributed by atoms with Gasteiger partial charge in [0.2, 0.25) is 0 Å². The van der Waals surface area contributed by atoms with Gasteiger partial charge in [-0.2, -0.15) is 0 Å². The smallest absolute Gasteiger partial charge is 0.327 e. The molecule has 1 atom stereocenters. The molecule has 0 amide bonds. The topological polar surface area (TPSA) is 74.6 Å². The molecule has 4 heteroatoms. The number of aliphatic carboxylic acids is 2. The molecule has 0 aromatic heterocycles. The predicted octanol–water partition coefficient (Wildman–Crippen LogP) is 6.61. The van der Waals surface area contributed by atoms with Crippen LogP contribution in [0.1, 0.15) is 97.3 Å². The molecule has 2 N–H and O–H groups in total. The van der Waals surface area contributed by atoms with Crippen molar-refractivity contribution in [1.29, 1.82) is 0 Å². The summed E-state index contributed by atoms with van der Waals surface area (Å²) in [4.78, 5) is 19.9. The monoisotopic (exact) mass is 368 g/mol. The number of carbonyl (C=O) groups is 2. The van der Waals surface area contributed by atoms with Crippen LogP contribution in [0.15, 0.2) is 24.8 Å². The van der Waals surface area contributed by atoms with E-state index in [4.69, 9.17) is 10.2 Å². The first-order chi connectivity index (χ1) is 12.5. The lowest BCUT2D eigenvalue weighted by Gasteiger charge is -2.04. The van der Waals surface area contributed by atoms with Gasteiger partial charge in [-0.25, -0.2) is 4.79 Å². The van der Waals surface area contributed by atoms with E-state index in [1.165, 1.54) is 70.6 Å². The second kappa shape index (κ2) is 21.5. The van der Waals surface area contributed by atoms with Crippen molar-refractivity contribution in [2.24, 2.45) is 5.92 Å². The molecule has 0 aromatic rings. The lowest BCUT2D eigenvalue weighted by atomic mass is 10.0. The molecule has 0 aliphatic heterocycles. The van der Waals surface area contributed by atoms with E-state index in [0.717, 1.165) is 18.9 Å². The number of hydrogen-bond acceptors (Lipinski definition) is 2. The molecule has 0 bridgehead atoms. The number of unbranched alkanes of at least 4 members (excludes halogenated alkanes) is 10. The Morgan fingerprint density at radius 3 is 1.69 bits per heavy atom. The van der Waals surface area contributed by atoms with Gasteiger partial charge in [0.1, 0.15) is 0 Å². The Kier molecular flexibility index (Phi) is 22.0. The summed E-state index contributed by atoms with van der Waals surface area (Å²) in [5, 5.41) is 16.4. The van der Waals surface area contributed by atoms with Crippen molar-refractivity contribution < 1.29 is 19.8 Å². The highest BCUT2D eigenvalue weighted by Gasteiger charge is 2.09. The second-order valence-corrected chi connectivity index (χ2v) is 6.80. The van der Waals surface area contributed by atoms with Crippen molar-refractivity contribution in [2.45, 2.75) is 97.3 Å². The van der Waals surface area contributed by atoms with Gasteiger partial charge in [-0.3, -0.25) is 4.79 Å². The van der Waals surface area contributed by atoms with Crippen molar-refractivity contribution in [1.82, 2.24) is 0 Å². The summed E-state index contributed by atoms with van der Waals surface area (Å²) in [7, 11) is 0. The van der Waals surface area contributed by atoms with Crippen LogP contribution in [0.3, 0.4) is 0 Å². The van der Waals surface area contributed by atoms with E-state index in [1.54, 1.807) is 6.92 Å². The summed E-state index contributed by atoms with van der Waals surface area (Å²) in [6, 6.07) is 0. The van der Waals surface area contributed by atoms with Gasteiger partial charge >= 0.3 is 11.9 Å². The molecular formula is C22H40O4. The van der Waals surface area contributed by atoms with Crippen LogP contribution < -0.4 is 0 Å². The highest BCUT2D eigenvalue weighted by atomic mass is 16.4. The summed E-state index contributed by atoms with van der Waals surface area (Å²) >= 11 is 0. The maximum Gasteiger partial charge on any atom is 0.327 e. The van der Waals surface area contributed by atoms with Gasteiger partial charge in [0.15, 0.2) is 0 Å². The van der Waals surface area contributed by atoms with Crippen LogP contribution in [-0.4, -0.2) is 22.2 Å². The molecule has 0 spiro atoms. The lowest BCUT2D eigenvalue weighted by Crippen LogP contribution is -2.08. The highest BCUT2D eigenvalue weighted by molar-refractivity contribution is 5.78. The lowest BCUT2D eigenvalue weighted by molar-refractivity contribution is -0.141. The Hall–Kier alpha value is -1.58. The van der Waals surface area contributed by atoms with E-state index in [9.17, 15) is 9.59 Å². The van der Waals surface area contributed by atoms with Gasteiger partial charge in [-0.15, -0.1) is 0 Å². The zero-order valence-electron chi connectivity index (χ0n) is 16.9. The maximum absolute atomic E-state index is 10.7. The van der Waals surface area contributed by atoms with Crippen LogP contribution in [0.2, 0.25) is 0 Å². The van der Waals surface area contributed by atoms with Crippen LogP contribution in [0.25, 0.3) is 0 Å². The average Bonchev–Trinajstić information content (AvgIpc) is 2.62. The summed E-state index contributed by atoms with van der Waals surface area (Å²) in [5.41, 5.74) is 0. The normalized spacial score (nSPS) is 11.6. The zero-order chi connectivity index (χ0) is 20.0. The molecular weight excluding hydrogens is 328 g/mol.